The number of carbonyl (C=O) groups excluding carboxylic acids is 1. The predicted octanol–water partition coefficient (Wildman–Crippen LogP) is 3.59. The number of ether oxygens (including phenoxy) is 1. The number of amides is 1. The molecule has 6 heteroatoms. The van der Waals surface area contributed by atoms with Crippen LogP contribution in [0.1, 0.15) is 45.9 Å². The van der Waals surface area contributed by atoms with Gasteiger partial charge in [-0.2, -0.15) is 5.10 Å². The fourth-order valence-corrected chi connectivity index (χ4v) is 3.93. The van der Waals surface area contributed by atoms with Gasteiger partial charge < -0.3 is 15.4 Å². The van der Waals surface area contributed by atoms with Crippen molar-refractivity contribution in [2.45, 2.75) is 32.2 Å². The summed E-state index contributed by atoms with van der Waals surface area (Å²) in [4.78, 5) is 13.1. The molecule has 6 nitrogen and oxygen atoms in total. The summed E-state index contributed by atoms with van der Waals surface area (Å²) in [5.41, 5.74) is 4.87. The molecule has 3 aromatic rings. The minimum atomic E-state index is -0.0798. The molecule has 1 aliphatic rings. The van der Waals surface area contributed by atoms with Gasteiger partial charge in [0.1, 0.15) is 5.75 Å². The summed E-state index contributed by atoms with van der Waals surface area (Å²) in [6.45, 7) is 4.45. The Balaban J connectivity index is 1.61. The third-order valence-electron chi connectivity index (χ3n) is 5.67. The van der Waals surface area contributed by atoms with Crippen molar-refractivity contribution in [2.24, 2.45) is 0 Å². The van der Waals surface area contributed by atoms with Gasteiger partial charge in [-0.3, -0.25) is 4.79 Å². The number of nitrogens with zero attached hydrogens (tertiary/aromatic N) is 2. The molecule has 0 spiro atoms. The monoisotopic (exact) mass is 404 g/mol. The Morgan fingerprint density at radius 1 is 1.13 bits per heavy atom. The van der Waals surface area contributed by atoms with Gasteiger partial charge in [-0.15, -0.1) is 0 Å². The van der Waals surface area contributed by atoms with Crippen LogP contribution in [0.5, 0.6) is 5.75 Å². The smallest absolute Gasteiger partial charge is 0.255 e. The average molecular weight is 405 g/mol. The molecule has 0 bridgehead atoms. The van der Waals surface area contributed by atoms with Crippen LogP contribution in [0.4, 0.5) is 0 Å². The molecule has 156 valence electrons. The number of piperidine rings is 1. The largest absolute Gasteiger partial charge is 0.497 e. The van der Waals surface area contributed by atoms with Crippen LogP contribution in [0, 0.1) is 6.92 Å². The van der Waals surface area contributed by atoms with Crippen LogP contribution in [0.15, 0.2) is 54.7 Å². The SMILES string of the molecule is COc1ccc(-n2ncc(C(=O)NCc3ccc(C)cc3)c2C2CCNCC2)cc1. The van der Waals surface area contributed by atoms with Crippen molar-refractivity contribution in [1.29, 1.82) is 0 Å². The van der Waals surface area contributed by atoms with Crippen LogP contribution in [0.2, 0.25) is 0 Å². The number of aromatic nitrogens is 2. The summed E-state index contributed by atoms with van der Waals surface area (Å²) in [7, 11) is 1.65. The molecule has 30 heavy (non-hydrogen) atoms. The normalized spacial score (nSPS) is 14.5. The van der Waals surface area contributed by atoms with Gasteiger partial charge in [0.25, 0.3) is 5.91 Å². The van der Waals surface area contributed by atoms with E-state index in [2.05, 4.69) is 34.8 Å². The fraction of sp³-hybridized carbons (Fsp3) is 0.333. The minimum Gasteiger partial charge on any atom is -0.497 e. The van der Waals surface area contributed by atoms with E-state index in [0.717, 1.165) is 48.6 Å². The van der Waals surface area contributed by atoms with Crippen LogP contribution in [-0.2, 0) is 6.54 Å². The maximum Gasteiger partial charge on any atom is 0.255 e. The molecule has 4 rings (SSSR count). The zero-order valence-electron chi connectivity index (χ0n) is 17.5. The first-order chi connectivity index (χ1) is 14.7. The molecule has 0 aliphatic carbocycles. The molecule has 1 aliphatic heterocycles. The zero-order valence-corrected chi connectivity index (χ0v) is 17.5. The molecule has 0 unspecified atom stereocenters. The topological polar surface area (TPSA) is 68.2 Å². The standard InChI is InChI=1S/C24H28N4O2/c1-17-3-5-18(6-4-17)15-26-24(29)22-16-27-28(20-7-9-21(30-2)10-8-20)23(22)19-11-13-25-14-12-19/h3-10,16,19,25H,11-15H2,1-2H3,(H,26,29). The lowest BCUT2D eigenvalue weighted by molar-refractivity contribution is 0.0949. The van der Waals surface area contributed by atoms with Gasteiger partial charge in [0.2, 0.25) is 0 Å². The Bertz CT molecular complexity index is 987. The highest BCUT2D eigenvalue weighted by Crippen LogP contribution is 2.30. The zero-order chi connectivity index (χ0) is 20.9. The van der Waals surface area contributed by atoms with Gasteiger partial charge in [0.05, 0.1) is 30.3 Å². The summed E-state index contributed by atoms with van der Waals surface area (Å²) in [5, 5.41) is 11.1. The molecule has 1 amide bonds. The highest BCUT2D eigenvalue weighted by molar-refractivity contribution is 5.95. The van der Waals surface area contributed by atoms with Crippen LogP contribution in [0.25, 0.3) is 5.69 Å². The molecule has 0 saturated carbocycles. The van der Waals surface area contributed by atoms with E-state index in [9.17, 15) is 4.79 Å². The van der Waals surface area contributed by atoms with Crippen molar-refractivity contribution in [2.75, 3.05) is 20.2 Å². The van der Waals surface area contributed by atoms with E-state index in [1.165, 1.54) is 5.56 Å². The summed E-state index contributed by atoms with van der Waals surface area (Å²) in [6, 6.07) is 16.0. The molecule has 2 aromatic carbocycles. The Morgan fingerprint density at radius 2 is 1.83 bits per heavy atom. The highest BCUT2D eigenvalue weighted by Gasteiger charge is 2.27. The van der Waals surface area contributed by atoms with Crippen LogP contribution >= 0.6 is 0 Å². The fourth-order valence-electron chi connectivity index (χ4n) is 3.93. The molecular weight excluding hydrogens is 376 g/mol. The first-order valence-corrected chi connectivity index (χ1v) is 10.4. The van der Waals surface area contributed by atoms with E-state index in [0.29, 0.717) is 12.1 Å². The van der Waals surface area contributed by atoms with Gasteiger partial charge in [0, 0.05) is 12.5 Å². The summed E-state index contributed by atoms with van der Waals surface area (Å²) in [5.74, 6) is 1.00. The minimum absolute atomic E-state index is 0.0798. The molecule has 0 radical (unpaired) electrons. The third-order valence-corrected chi connectivity index (χ3v) is 5.67. The van der Waals surface area contributed by atoms with Crippen molar-refractivity contribution in [3.05, 3.63) is 77.1 Å². The Morgan fingerprint density at radius 3 is 2.50 bits per heavy atom. The molecule has 0 atom stereocenters. The van der Waals surface area contributed by atoms with Crippen molar-refractivity contribution >= 4 is 5.91 Å². The van der Waals surface area contributed by atoms with E-state index in [4.69, 9.17) is 4.74 Å². The molecular formula is C24H28N4O2. The predicted molar refractivity (Wildman–Crippen MR) is 117 cm³/mol. The number of nitrogens with one attached hydrogen (secondary N) is 2. The molecule has 1 saturated heterocycles. The first kappa shape index (κ1) is 20.2. The lowest BCUT2D eigenvalue weighted by Gasteiger charge is -2.24. The lowest BCUT2D eigenvalue weighted by atomic mass is 9.91. The van der Waals surface area contributed by atoms with E-state index in [1.807, 2.05) is 41.1 Å². The number of hydrogen-bond acceptors (Lipinski definition) is 4. The number of benzene rings is 2. The van der Waals surface area contributed by atoms with Crippen molar-refractivity contribution < 1.29 is 9.53 Å². The van der Waals surface area contributed by atoms with E-state index in [1.54, 1.807) is 13.3 Å². The van der Waals surface area contributed by atoms with Crippen LogP contribution in [0.3, 0.4) is 0 Å². The van der Waals surface area contributed by atoms with E-state index in [-0.39, 0.29) is 11.8 Å². The second kappa shape index (κ2) is 9.13. The van der Waals surface area contributed by atoms with Crippen molar-refractivity contribution in [1.82, 2.24) is 20.4 Å². The van der Waals surface area contributed by atoms with Crippen LogP contribution in [-0.4, -0.2) is 35.9 Å². The second-order valence-electron chi connectivity index (χ2n) is 7.75. The number of methoxy groups -OCH3 is 1. The summed E-state index contributed by atoms with van der Waals surface area (Å²) in [6.07, 6.45) is 3.67. The lowest BCUT2D eigenvalue weighted by Crippen LogP contribution is -2.30. The number of aryl methyl sites for hydroxylation is 1. The van der Waals surface area contributed by atoms with E-state index < -0.39 is 0 Å². The molecule has 2 N–H and O–H groups in total. The maximum absolute atomic E-state index is 13.1. The average Bonchev–Trinajstić information content (AvgIpc) is 3.24. The Hall–Kier alpha value is -3.12. The number of hydrogen-bond donors (Lipinski definition) is 2. The molecule has 1 aromatic heterocycles. The maximum atomic E-state index is 13.1. The van der Waals surface area contributed by atoms with Gasteiger partial charge >= 0.3 is 0 Å². The van der Waals surface area contributed by atoms with Gasteiger partial charge in [-0.1, -0.05) is 29.8 Å². The number of rotatable bonds is 6. The first-order valence-electron chi connectivity index (χ1n) is 10.4. The van der Waals surface area contributed by atoms with Crippen LogP contribution < -0.4 is 15.4 Å². The molecule has 1 fully saturated rings. The number of carbonyl (C=O) groups is 1. The van der Waals surface area contributed by atoms with Crippen molar-refractivity contribution in [3.63, 3.8) is 0 Å². The van der Waals surface area contributed by atoms with Gasteiger partial charge in [-0.25, -0.2) is 4.68 Å². The Kier molecular flexibility index (Phi) is 6.14. The quantitative estimate of drug-likeness (QED) is 0.659. The van der Waals surface area contributed by atoms with Gasteiger partial charge in [0.15, 0.2) is 0 Å². The van der Waals surface area contributed by atoms with E-state index >= 15 is 0 Å². The highest BCUT2D eigenvalue weighted by atomic mass is 16.5. The summed E-state index contributed by atoms with van der Waals surface area (Å²) < 4.78 is 7.19. The second-order valence-corrected chi connectivity index (χ2v) is 7.75. The Labute approximate surface area is 177 Å². The van der Waals surface area contributed by atoms with Gasteiger partial charge in [-0.05, 0) is 62.7 Å². The van der Waals surface area contributed by atoms with Crippen molar-refractivity contribution in [3.8, 4) is 11.4 Å². The summed E-state index contributed by atoms with van der Waals surface area (Å²) >= 11 is 0. The third kappa shape index (κ3) is 4.39. The molecule has 2 heterocycles.